The van der Waals surface area contributed by atoms with Crippen LogP contribution in [-0.2, 0) is 13.0 Å². The summed E-state index contributed by atoms with van der Waals surface area (Å²) >= 11 is 1.64. The standard InChI is InChI=1S/C12H18N4S/c1-10(2)7-16-6-5-14-12(16)13-4-3-11-8-17-9-15-11/h5-6,8-10H,3-4,7H2,1-2H3,(H,13,14). The quantitative estimate of drug-likeness (QED) is 0.857. The first kappa shape index (κ1) is 12.1. The van der Waals surface area contributed by atoms with Crippen LogP contribution in [0.25, 0.3) is 0 Å². The molecule has 0 atom stereocenters. The number of hydrogen-bond donors (Lipinski definition) is 1. The molecule has 0 saturated heterocycles. The lowest BCUT2D eigenvalue weighted by Gasteiger charge is -2.11. The number of thiazole rings is 1. The van der Waals surface area contributed by atoms with E-state index in [1.165, 1.54) is 0 Å². The minimum Gasteiger partial charge on any atom is -0.355 e. The Bertz CT molecular complexity index is 433. The zero-order valence-electron chi connectivity index (χ0n) is 10.3. The van der Waals surface area contributed by atoms with Gasteiger partial charge in [0.25, 0.3) is 0 Å². The Hall–Kier alpha value is -1.36. The minimum absolute atomic E-state index is 0.628. The van der Waals surface area contributed by atoms with E-state index >= 15 is 0 Å². The van der Waals surface area contributed by atoms with E-state index in [1.54, 1.807) is 11.3 Å². The van der Waals surface area contributed by atoms with Crippen molar-refractivity contribution in [3.8, 4) is 0 Å². The summed E-state index contributed by atoms with van der Waals surface area (Å²) in [4.78, 5) is 8.58. The van der Waals surface area contributed by atoms with Gasteiger partial charge in [-0.1, -0.05) is 13.8 Å². The molecule has 2 rings (SSSR count). The second kappa shape index (κ2) is 5.82. The Morgan fingerprint density at radius 3 is 3.00 bits per heavy atom. The van der Waals surface area contributed by atoms with Gasteiger partial charge in [0.15, 0.2) is 0 Å². The van der Waals surface area contributed by atoms with Crippen molar-refractivity contribution in [3.05, 3.63) is 29.0 Å². The highest BCUT2D eigenvalue weighted by molar-refractivity contribution is 7.07. The molecule has 0 unspecified atom stereocenters. The first-order valence-corrected chi connectivity index (χ1v) is 6.82. The fourth-order valence-corrected chi connectivity index (χ4v) is 2.27. The van der Waals surface area contributed by atoms with Crippen LogP contribution in [0.15, 0.2) is 23.3 Å². The summed E-state index contributed by atoms with van der Waals surface area (Å²) in [5, 5.41) is 5.44. The van der Waals surface area contributed by atoms with E-state index in [-0.39, 0.29) is 0 Å². The average molecular weight is 250 g/mol. The Balaban J connectivity index is 1.84. The van der Waals surface area contributed by atoms with Gasteiger partial charge in [0, 0.05) is 37.3 Å². The molecule has 2 heterocycles. The maximum absolute atomic E-state index is 4.32. The van der Waals surface area contributed by atoms with Crippen molar-refractivity contribution in [1.82, 2.24) is 14.5 Å². The van der Waals surface area contributed by atoms with Crippen LogP contribution in [0.3, 0.4) is 0 Å². The molecule has 0 amide bonds. The molecule has 0 aliphatic heterocycles. The van der Waals surface area contributed by atoms with Crippen LogP contribution in [0.4, 0.5) is 5.95 Å². The molecule has 0 saturated carbocycles. The highest BCUT2D eigenvalue weighted by Gasteiger charge is 2.04. The molecule has 17 heavy (non-hydrogen) atoms. The summed E-state index contributed by atoms with van der Waals surface area (Å²) in [6, 6.07) is 0. The first-order chi connectivity index (χ1) is 8.25. The van der Waals surface area contributed by atoms with E-state index in [4.69, 9.17) is 0 Å². The maximum Gasteiger partial charge on any atom is 0.202 e. The summed E-state index contributed by atoms with van der Waals surface area (Å²) in [6.45, 7) is 6.29. The van der Waals surface area contributed by atoms with Crippen LogP contribution in [0.1, 0.15) is 19.5 Å². The third-order valence-corrected chi connectivity index (χ3v) is 3.06. The molecule has 92 valence electrons. The van der Waals surface area contributed by atoms with Gasteiger partial charge in [-0.2, -0.15) is 0 Å². The van der Waals surface area contributed by atoms with Crippen molar-refractivity contribution in [3.63, 3.8) is 0 Å². The molecule has 0 aliphatic rings. The van der Waals surface area contributed by atoms with Gasteiger partial charge in [0.05, 0.1) is 11.2 Å². The van der Waals surface area contributed by atoms with Crippen LogP contribution in [0.5, 0.6) is 0 Å². The number of hydrogen-bond acceptors (Lipinski definition) is 4. The molecule has 0 aliphatic carbocycles. The van der Waals surface area contributed by atoms with Gasteiger partial charge in [-0.25, -0.2) is 9.97 Å². The van der Waals surface area contributed by atoms with Crippen molar-refractivity contribution in [2.45, 2.75) is 26.8 Å². The molecule has 0 aromatic carbocycles. The van der Waals surface area contributed by atoms with Gasteiger partial charge < -0.3 is 9.88 Å². The molecule has 4 nitrogen and oxygen atoms in total. The van der Waals surface area contributed by atoms with Crippen LogP contribution >= 0.6 is 11.3 Å². The van der Waals surface area contributed by atoms with Crippen molar-refractivity contribution in [2.24, 2.45) is 5.92 Å². The molecule has 0 radical (unpaired) electrons. The zero-order valence-corrected chi connectivity index (χ0v) is 11.1. The topological polar surface area (TPSA) is 42.7 Å². The third kappa shape index (κ3) is 3.56. The van der Waals surface area contributed by atoms with E-state index in [2.05, 4.69) is 39.1 Å². The second-order valence-electron chi connectivity index (χ2n) is 4.45. The number of rotatable bonds is 6. The number of aromatic nitrogens is 3. The normalized spacial score (nSPS) is 11.0. The van der Waals surface area contributed by atoms with Gasteiger partial charge >= 0.3 is 0 Å². The average Bonchev–Trinajstić information content (AvgIpc) is 2.90. The van der Waals surface area contributed by atoms with E-state index < -0.39 is 0 Å². The number of nitrogens with zero attached hydrogens (tertiary/aromatic N) is 3. The summed E-state index contributed by atoms with van der Waals surface area (Å²) < 4.78 is 2.16. The van der Waals surface area contributed by atoms with Crippen molar-refractivity contribution in [1.29, 1.82) is 0 Å². The molecule has 0 spiro atoms. The third-order valence-electron chi connectivity index (χ3n) is 2.43. The van der Waals surface area contributed by atoms with Crippen LogP contribution in [0, 0.1) is 5.92 Å². The molecule has 0 fully saturated rings. The summed E-state index contributed by atoms with van der Waals surface area (Å²) in [7, 11) is 0. The highest BCUT2D eigenvalue weighted by atomic mass is 32.1. The maximum atomic E-state index is 4.32. The van der Waals surface area contributed by atoms with E-state index in [0.717, 1.165) is 31.2 Å². The van der Waals surface area contributed by atoms with Gasteiger partial charge in [-0.3, -0.25) is 0 Å². The lowest BCUT2D eigenvalue weighted by molar-refractivity contribution is 0.526. The first-order valence-electron chi connectivity index (χ1n) is 5.88. The SMILES string of the molecule is CC(C)Cn1ccnc1NCCc1cscn1. The lowest BCUT2D eigenvalue weighted by atomic mass is 10.2. The smallest absolute Gasteiger partial charge is 0.202 e. The Morgan fingerprint density at radius 1 is 1.41 bits per heavy atom. The summed E-state index contributed by atoms with van der Waals surface area (Å²) in [5.41, 5.74) is 3.01. The van der Waals surface area contributed by atoms with Crippen molar-refractivity contribution < 1.29 is 0 Å². The molecule has 0 bridgehead atoms. The van der Waals surface area contributed by atoms with E-state index in [1.807, 2.05) is 17.9 Å². The monoisotopic (exact) mass is 250 g/mol. The highest BCUT2D eigenvalue weighted by Crippen LogP contribution is 2.08. The van der Waals surface area contributed by atoms with E-state index in [9.17, 15) is 0 Å². The Kier molecular flexibility index (Phi) is 4.14. The minimum atomic E-state index is 0.628. The van der Waals surface area contributed by atoms with Gasteiger partial charge in [0.1, 0.15) is 0 Å². The van der Waals surface area contributed by atoms with Gasteiger partial charge in [-0.05, 0) is 5.92 Å². The van der Waals surface area contributed by atoms with Crippen molar-refractivity contribution in [2.75, 3.05) is 11.9 Å². The van der Waals surface area contributed by atoms with Crippen LogP contribution in [0.2, 0.25) is 0 Å². The van der Waals surface area contributed by atoms with Gasteiger partial charge in [0.2, 0.25) is 5.95 Å². The fraction of sp³-hybridized carbons (Fsp3) is 0.500. The predicted octanol–water partition coefficient (Wildman–Crippen LogP) is 2.65. The fourth-order valence-electron chi connectivity index (χ4n) is 1.68. The molecule has 5 heteroatoms. The molecule has 2 aromatic rings. The predicted molar refractivity (Wildman–Crippen MR) is 71.4 cm³/mol. The second-order valence-corrected chi connectivity index (χ2v) is 5.17. The number of anilines is 1. The zero-order chi connectivity index (χ0) is 12.1. The molecular formula is C12H18N4S. The van der Waals surface area contributed by atoms with Crippen LogP contribution < -0.4 is 5.32 Å². The molecule has 1 N–H and O–H groups in total. The number of nitrogens with one attached hydrogen (secondary N) is 1. The lowest BCUT2D eigenvalue weighted by Crippen LogP contribution is -2.12. The largest absolute Gasteiger partial charge is 0.355 e. The van der Waals surface area contributed by atoms with E-state index in [0.29, 0.717) is 5.92 Å². The summed E-state index contributed by atoms with van der Waals surface area (Å²) in [6.07, 6.45) is 4.80. The molecular weight excluding hydrogens is 232 g/mol. The van der Waals surface area contributed by atoms with Crippen molar-refractivity contribution >= 4 is 17.3 Å². The Morgan fingerprint density at radius 2 is 2.29 bits per heavy atom. The van der Waals surface area contributed by atoms with Gasteiger partial charge in [-0.15, -0.1) is 11.3 Å². The molecule has 2 aromatic heterocycles. The Labute approximate surface area is 106 Å². The summed E-state index contributed by atoms with van der Waals surface area (Å²) in [5.74, 6) is 1.58. The number of imidazole rings is 1. The van der Waals surface area contributed by atoms with Crippen LogP contribution in [-0.4, -0.2) is 21.1 Å².